The van der Waals surface area contributed by atoms with Crippen LogP contribution in [0.25, 0.3) is 109 Å². The van der Waals surface area contributed by atoms with Crippen LogP contribution < -0.4 is 9.80 Å². The maximum atomic E-state index is 6.93. The Balaban J connectivity index is 0.846. The summed E-state index contributed by atoms with van der Waals surface area (Å²) in [5, 5.41) is 13.0. The van der Waals surface area contributed by atoms with E-state index in [1.54, 1.807) is 0 Å². The largest absolute Gasteiger partial charge is 0.456 e. The summed E-state index contributed by atoms with van der Waals surface area (Å²) < 4.78 is 26.4. The summed E-state index contributed by atoms with van der Waals surface area (Å²) in [5.41, 5.74) is 15.4. The summed E-state index contributed by atoms with van der Waals surface area (Å²) >= 11 is 0. The van der Waals surface area contributed by atoms with Gasteiger partial charge in [-0.05, 0) is 156 Å². The van der Waals surface area contributed by atoms with Gasteiger partial charge in [0.2, 0.25) is 0 Å². The second kappa shape index (κ2) is 14.6. The van der Waals surface area contributed by atoms with Crippen molar-refractivity contribution in [1.29, 1.82) is 0 Å². The van der Waals surface area contributed by atoms with Crippen LogP contribution in [-0.4, -0.2) is 0 Å². The molecule has 11 aromatic carbocycles. The minimum Gasteiger partial charge on any atom is -0.456 e. The average molecular weight is 901 g/mol. The Labute approximate surface area is 400 Å². The summed E-state index contributed by atoms with van der Waals surface area (Å²) in [6.45, 7) is 4.32. The van der Waals surface area contributed by atoms with Crippen LogP contribution in [0, 0.1) is 13.8 Å². The first-order chi connectivity index (χ1) is 34.5. The van der Waals surface area contributed by atoms with Gasteiger partial charge in [0.1, 0.15) is 44.7 Å². The van der Waals surface area contributed by atoms with Crippen LogP contribution in [0.15, 0.2) is 224 Å². The van der Waals surface area contributed by atoms with Crippen LogP contribution >= 0.6 is 0 Å². The van der Waals surface area contributed by atoms with E-state index in [-0.39, 0.29) is 0 Å². The van der Waals surface area contributed by atoms with E-state index in [0.717, 1.165) is 143 Å². The van der Waals surface area contributed by atoms with Gasteiger partial charge in [0.25, 0.3) is 0 Å². The molecule has 70 heavy (non-hydrogen) atoms. The maximum Gasteiger partial charge on any atom is 0.147 e. The zero-order valence-corrected chi connectivity index (χ0v) is 38.2. The molecule has 15 rings (SSSR count). The molecule has 330 valence electrons. The monoisotopic (exact) mass is 900 g/mol. The third-order valence-corrected chi connectivity index (χ3v) is 14.4. The van der Waals surface area contributed by atoms with E-state index in [2.05, 4.69) is 206 Å². The van der Waals surface area contributed by atoms with Gasteiger partial charge >= 0.3 is 0 Å². The van der Waals surface area contributed by atoms with Crippen molar-refractivity contribution in [2.24, 2.45) is 0 Å². The van der Waals surface area contributed by atoms with Gasteiger partial charge in [0, 0.05) is 84.0 Å². The summed E-state index contributed by atoms with van der Waals surface area (Å²) in [6, 6.07) is 73.0. The van der Waals surface area contributed by atoms with Crippen LogP contribution in [-0.2, 0) is 0 Å². The Hall–Kier alpha value is -9.26. The van der Waals surface area contributed by atoms with E-state index in [4.69, 9.17) is 17.7 Å². The quantitative estimate of drug-likeness (QED) is 0.166. The van der Waals surface area contributed by atoms with Gasteiger partial charge in [0.15, 0.2) is 0 Å². The van der Waals surface area contributed by atoms with Crippen molar-refractivity contribution in [2.45, 2.75) is 13.8 Å². The Morgan fingerprint density at radius 2 is 0.700 bits per heavy atom. The van der Waals surface area contributed by atoms with Gasteiger partial charge in [-0.1, -0.05) is 84.9 Å². The summed E-state index contributed by atoms with van der Waals surface area (Å²) in [6.07, 6.45) is 0. The van der Waals surface area contributed by atoms with E-state index in [9.17, 15) is 0 Å². The molecule has 4 aromatic heterocycles. The van der Waals surface area contributed by atoms with Crippen molar-refractivity contribution in [1.82, 2.24) is 0 Å². The third kappa shape index (κ3) is 5.80. The van der Waals surface area contributed by atoms with E-state index < -0.39 is 0 Å². The molecule has 0 bridgehead atoms. The minimum atomic E-state index is 0.792. The lowest BCUT2D eigenvalue weighted by molar-refractivity contribution is 0.663. The van der Waals surface area contributed by atoms with E-state index >= 15 is 0 Å². The van der Waals surface area contributed by atoms with Crippen LogP contribution in [0.4, 0.5) is 34.1 Å². The lowest BCUT2D eigenvalue weighted by atomic mass is 10.0. The molecule has 0 aliphatic carbocycles. The lowest BCUT2D eigenvalue weighted by Crippen LogP contribution is -2.11. The molecular weight excluding hydrogens is 861 g/mol. The predicted molar refractivity (Wildman–Crippen MR) is 289 cm³/mol. The van der Waals surface area contributed by atoms with E-state index in [1.807, 2.05) is 24.3 Å². The highest BCUT2D eigenvalue weighted by Crippen LogP contribution is 2.46. The standard InChI is InChI=1S/C64H40N2O4/c1-37-11-3-7-15-54(37)65(45-23-25-49-47-13-5-9-17-56(47)67-61(49)35-45)43-21-19-39-31-52-51-27-28-58-63(64(51)70-59(52)33-41(39)29-43)53-32-40-20-22-44(30-42(40)34-60(53)69-58)66(55-16-8-4-12-38(55)2)46-24-26-50-48-14-6-10-18-57(48)68-62(50)36-46/h3-36H,1-2H3. The summed E-state index contributed by atoms with van der Waals surface area (Å²) in [5.74, 6) is 0. The molecular formula is C64H40N2O4. The average Bonchev–Trinajstić information content (AvgIpc) is 4.15. The molecule has 0 aliphatic rings. The number of fused-ring (bicyclic) bond motifs is 15. The number of benzene rings is 11. The highest BCUT2D eigenvalue weighted by molar-refractivity contribution is 6.24. The number of anilines is 6. The molecule has 4 heterocycles. The number of aryl methyl sites for hydroxylation is 2. The molecule has 0 saturated carbocycles. The smallest absolute Gasteiger partial charge is 0.147 e. The van der Waals surface area contributed by atoms with Gasteiger partial charge in [-0.2, -0.15) is 0 Å². The van der Waals surface area contributed by atoms with Gasteiger partial charge in [-0.3, -0.25) is 0 Å². The van der Waals surface area contributed by atoms with Crippen molar-refractivity contribution in [3.63, 3.8) is 0 Å². The molecule has 0 N–H and O–H groups in total. The second-order valence-electron chi connectivity index (χ2n) is 18.6. The zero-order valence-electron chi connectivity index (χ0n) is 38.2. The highest BCUT2D eigenvalue weighted by Gasteiger charge is 2.22. The maximum absolute atomic E-state index is 6.93. The Morgan fingerprint density at radius 3 is 1.27 bits per heavy atom. The first-order valence-electron chi connectivity index (χ1n) is 23.7. The van der Waals surface area contributed by atoms with Gasteiger partial charge in [-0.25, -0.2) is 0 Å². The second-order valence-corrected chi connectivity index (χ2v) is 18.6. The topological polar surface area (TPSA) is 59.0 Å². The normalized spacial score (nSPS) is 12.1. The molecule has 15 aromatic rings. The molecule has 0 aliphatic heterocycles. The van der Waals surface area contributed by atoms with Gasteiger partial charge in [0.05, 0.1) is 5.39 Å². The van der Waals surface area contributed by atoms with Crippen LogP contribution in [0.5, 0.6) is 0 Å². The lowest BCUT2D eigenvalue weighted by Gasteiger charge is -2.27. The zero-order chi connectivity index (χ0) is 46.2. The molecule has 0 unspecified atom stereocenters. The fourth-order valence-corrected chi connectivity index (χ4v) is 11.0. The minimum absolute atomic E-state index is 0.792. The van der Waals surface area contributed by atoms with Crippen molar-refractivity contribution < 1.29 is 17.7 Å². The van der Waals surface area contributed by atoms with Crippen molar-refractivity contribution in [2.75, 3.05) is 9.80 Å². The number of para-hydroxylation sites is 4. The molecule has 0 saturated heterocycles. The SMILES string of the molecule is Cc1ccccc1N(c1ccc2cc3c(cc2c1)oc1c3ccc2oc3cc4cc(N(c5ccc6c(c5)oc5ccccc56)c5ccccc5C)ccc4cc3c21)c1ccc2c(c1)oc1ccccc12. The van der Waals surface area contributed by atoms with Gasteiger partial charge in [-0.15, -0.1) is 0 Å². The molecule has 0 fully saturated rings. The number of hydrogen-bond acceptors (Lipinski definition) is 6. The van der Waals surface area contributed by atoms with Crippen molar-refractivity contribution in [3.8, 4) is 0 Å². The first kappa shape index (κ1) is 38.8. The van der Waals surface area contributed by atoms with Crippen LogP contribution in [0.3, 0.4) is 0 Å². The Bertz CT molecular complexity index is 4660. The number of rotatable bonds is 6. The fraction of sp³-hybridized carbons (Fsp3) is 0.0312. The third-order valence-electron chi connectivity index (χ3n) is 14.4. The van der Waals surface area contributed by atoms with E-state index in [0.29, 0.717) is 0 Å². The van der Waals surface area contributed by atoms with Gasteiger partial charge < -0.3 is 27.5 Å². The molecule has 0 amide bonds. The Kier molecular flexibility index (Phi) is 8.10. The van der Waals surface area contributed by atoms with Crippen LogP contribution in [0.2, 0.25) is 0 Å². The Morgan fingerprint density at radius 1 is 0.271 bits per heavy atom. The molecule has 0 spiro atoms. The number of nitrogens with zero attached hydrogens (tertiary/aromatic N) is 2. The molecule has 0 atom stereocenters. The van der Waals surface area contributed by atoms with Crippen molar-refractivity contribution >= 4 is 143 Å². The van der Waals surface area contributed by atoms with Crippen molar-refractivity contribution in [3.05, 3.63) is 217 Å². The fourth-order valence-electron chi connectivity index (χ4n) is 11.0. The highest BCUT2D eigenvalue weighted by atomic mass is 16.3. The summed E-state index contributed by atoms with van der Waals surface area (Å²) in [7, 11) is 0. The number of furan rings is 4. The first-order valence-corrected chi connectivity index (χ1v) is 23.7. The van der Waals surface area contributed by atoms with Crippen LogP contribution in [0.1, 0.15) is 11.1 Å². The number of hydrogen-bond donors (Lipinski definition) is 0. The van der Waals surface area contributed by atoms with E-state index in [1.165, 1.54) is 11.1 Å². The molecule has 6 nitrogen and oxygen atoms in total. The predicted octanol–water partition coefficient (Wildman–Crippen LogP) is 19.1. The summed E-state index contributed by atoms with van der Waals surface area (Å²) in [4.78, 5) is 4.64. The molecule has 0 radical (unpaired) electrons. The molecule has 6 heteroatoms.